The van der Waals surface area contributed by atoms with Crippen LogP contribution in [-0.4, -0.2) is 86.7 Å². The number of likely N-dealkylation sites (tertiary alicyclic amines) is 1. The van der Waals surface area contributed by atoms with Gasteiger partial charge >= 0.3 is 0 Å². The molecular weight excluding hydrogens is 248 g/mol. The molecule has 2 fully saturated rings. The van der Waals surface area contributed by atoms with Gasteiger partial charge < -0.3 is 15.1 Å². The molecule has 2 saturated heterocycles. The summed E-state index contributed by atoms with van der Waals surface area (Å²) in [6.07, 6.45) is 2.64. The quantitative estimate of drug-likeness (QED) is 0.810. The molecule has 2 aliphatic heterocycles. The van der Waals surface area contributed by atoms with Crippen LogP contribution in [0.3, 0.4) is 0 Å². The van der Waals surface area contributed by atoms with E-state index in [1.807, 2.05) is 0 Å². The summed E-state index contributed by atoms with van der Waals surface area (Å²) in [5, 5.41) is 3.82. The number of rotatable bonds is 5. The van der Waals surface area contributed by atoms with E-state index in [0.29, 0.717) is 6.04 Å². The molecule has 0 saturated carbocycles. The molecule has 0 bridgehead atoms. The Kier molecular flexibility index (Phi) is 6.27. The average molecular weight is 282 g/mol. The van der Waals surface area contributed by atoms with Crippen molar-refractivity contribution >= 4 is 0 Å². The second-order valence-electron chi connectivity index (χ2n) is 7.27. The molecule has 4 nitrogen and oxygen atoms in total. The summed E-state index contributed by atoms with van der Waals surface area (Å²) in [6, 6.07) is 1.42. The number of nitrogens with one attached hydrogen (secondary N) is 1. The van der Waals surface area contributed by atoms with Crippen LogP contribution in [0.15, 0.2) is 0 Å². The number of piperazine rings is 1. The third-order valence-electron chi connectivity index (χ3n) is 4.83. The van der Waals surface area contributed by atoms with E-state index in [4.69, 9.17) is 0 Å². The highest BCUT2D eigenvalue weighted by atomic mass is 15.3. The largest absolute Gasteiger partial charge is 0.312 e. The van der Waals surface area contributed by atoms with E-state index < -0.39 is 0 Å². The van der Waals surface area contributed by atoms with E-state index in [2.05, 4.69) is 48.0 Å². The molecule has 0 aromatic carbocycles. The average Bonchev–Trinajstić information content (AvgIpc) is 2.41. The van der Waals surface area contributed by atoms with Crippen molar-refractivity contribution in [3.8, 4) is 0 Å². The normalized spacial score (nSPS) is 28.4. The number of hydrogen-bond donors (Lipinski definition) is 1. The smallest absolute Gasteiger partial charge is 0.0345 e. The predicted octanol–water partition coefficient (Wildman–Crippen LogP) is 0.942. The Labute approximate surface area is 125 Å². The lowest BCUT2D eigenvalue weighted by atomic mass is 10.0. The lowest BCUT2D eigenvalue weighted by Crippen LogP contribution is -2.55. The molecule has 1 atom stereocenters. The van der Waals surface area contributed by atoms with Gasteiger partial charge in [-0.15, -0.1) is 0 Å². The molecule has 1 unspecified atom stereocenters. The van der Waals surface area contributed by atoms with Crippen molar-refractivity contribution in [3.63, 3.8) is 0 Å². The second-order valence-corrected chi connectivity index (χ2v) is 7.27. The number of nitrogens with zero attached hydrogens (tertiary/aromatic N) is 3. The molecule has 2 aliphatic rings. The molecule has 0 aromatic heterocycles. The van der Waals surface area contributed by atoms with Gasteiger partial charge in [0.1, 0.15) is 0 Å². The van der Waals surface area contributed by atoms with Gasteiger partial charge in [-0.3, -0.25) is 4.90 Å². The zero-order valence-electron chi connectivity index (χ0n) is 13.9. The first-order valence-electron chi connectivity index (χ1n) is 8.39. The summed E-state index contributed by atoms with van der Waals surface area (Å²) in [4.78, 5) is 7.60. The maximum Gasteiger partial charge on any atom is 0.0345 e. The molecule has 0 aromatic rings. The molecule has 0 aliphatic carbocycles. The van der Waals surface area contributed by atoms with E-state index in [1.165, 1.54) is 52.1 Å². The summed E-state index contributed by atoms with van der Waals surface area (Å²) in [5.41, 5.74) is 0. The van der Waals surface area contributed by atoms with E-state index in [1.54, 1.807) is 0 Å². The Morgan fingerprint density at radius 2 is 1.75 bits per heavy atom. The van der Waals surface area contributed by atoms with E-state index >= 15 is 0 Å². The molecule has 2 heterocycles. The summed E-state index contributed by atoms with van der Waals surface area (Å²) < 4.78 is 0. The summed E-state index contributed by atoms with van der Waals surface area (Å²) in [7, 11) is 4.51. The van der Waals surface area contributed by atoms with Gasteiger partial charge in [-0.2, -0.15) is 0 Å². The van der Waals surface area contributed by atoms with Crippen molar-refractivity contribution in [1.82, 2.24) is 20.0 Å². The van der Waals surface area contributed by atoms with Crippen molar-refractivity contribution < 1.29 is 0 Å². The molecule has 4 heteroatoms. The van der Waals surface area contributed by atoms with Gasteiger partial charge in [0.25, 0.3) is 0 Å². The molecule has 1 N–H and O–H groups in total. The maximum atomic E-state index is 3.82. The molecule has 0 spiro atoms. The van der Waals surface area contributed by atoms with Gasteiger partial charge in [-0.1, -0.05) is 13.8 Å². The van der Waals surface area contributed by atoms with Crippen LogP contribution in [0.25, 0.3) is 0 Å². The van der Waals surface area contributed by atoms with Crippen LogP contribution in [0.2, 0.25) is 0 Å². The molecule has 2 rings (SSSR count). The van der Waals surface area contributed by atoms with Gasteiger partial charge in [-0.25, -0.2) is 0 Å². The topological polar surface area (TPSA) is 21.8 Å². The summed E-state index contributed by atoms with van der Waals surface area (Å²) in [6.45, 7) is 13.2. The van der Waals surface area contributed by atoms with Crippen LogP contribution in [0.4, 0.5) is 0 Å². The van der Waals surface area contributed by atoms with Gasteiger partial charge in [0.05, 0.1) is 0 Å². The van der Waals surface area contributed by atoms with Gasteiger partial charge in [0.15, 0.2) is 0 Å². The summed E-state index contributed by atoms with van der Waals surface area (Å²) >= 11 is 0. The third kappa shape index (κ3) is 4.99. The maximum absolute atomic E-state index is 3.82. The van der Waals surface area contributed by atoms with Crippen LogP contribution in [0.1, 0.15) is 26.7 Å². The lowest BCUT2D eigenvalue weighted by Gasteiger charge is -2.39. The zero-order chi connectivity index (χ0) is 14.5. The fraction of sp³-hybridized carbons (Fsp3) is 1.00. The van der Waals surface area contributed by atoms with Crippen molar-refractivity contribution in [3.05, 3.63) is 0 Å². The third-order valence-corrected chi connectivity index (χ3v) is 4.83. The fourth-order valence-corrected chi connectivity index (χ4v) is 3.46. The Morgan fingerprint density at radius 1 is 1.05 bits per heavy atom. The highest BCUT2D eigenvalue weighted by Crippen LogP contribution is 2.13. The molecular formula is C16H34N4. The minimum absolute atomic E-state index is 0.683. The van der Waals surface area contributed by atoms with Gasteiger partial charge in [0, 0.05) is 44.8 Å². The number of likely N-dealkylation sites (N-methyl/N-ethyl adjacent to an activating group) is 2. The molecule has 118 valence electrons. The first kappa shape index (κ1) is 16.2. The molecule has 0 amide bonds. The SMILES string of the molecule is CC(C)CN1CCC(NCC2CN(C)CCN2C)CC1. The van der Waals surface area contributed by atoms with E-state index in [-0.39, 0.29) is 0 Å². The number of hydrogen-bond acceptors (Lipinski definition) is 4. The van der Waals surface area contributed by atoms with Crippen LogP contribution < -0.4 is 5.32 Å². The van der Waals surface area contributed by atoms with Crippen molar-refractivity contribution in [1.29, 1.82) is 0 Å². The Morgan fingerprint density at radius 3 is 2.40 bits per heavy atom. The standard InChI is InChI=1S/C16H34N4/c1-14(2)12-20-7-5-15(6-8-20)17-11-16-13-18(3)9-10-19(16)4/h14-17H,5-13H2,1-4H3. The van der Waals surface area contributed by atoms with Crippen molar-refractivity contribution in [2.45, 2.75) is 38.8 Å². The van der Waals surface area contributed by atoms with Crippen LogP contribution in [0.5, 0.6) is 0 Å². The zero-order valence-corrected chi connectivity index (χ0v) is 13.9. The minimum Gasteiger partial charge on any atom is -0.312 e. The van der Waals surface area contributed by atoms with E-state index in [0.717, 1.165) is 18.5 Å². The monoisotopic (exact) mass is 282 g/mol. The number of piperidine rings is 1. The van der Waals surface area contributed by atoms with Crippen LogP contribution >= 0.6 is 0 Å². The minimum atomic E-state index is 0.683. The fourth-order valence-electron chi connectivity index (χ4n) is 3.46. The molecule has 0 radical (unpaired) electrons. The van der Waals surface area contributed by atoms with Crippen LogP contribution in [0, 0.1) is 5.92 Å². The van der Waals surface area contributed by atoms with Crippen LogP contribution in [-0.2, 0) is 0 Å². The van der Waals surface area contributed by atoms with Crippen molar-refractivity contribution in [2.75, 3.05) is 59.9 Å². The van der Waals surface area contributed by atoms with Crippen molar-refractivity contribution in [2.24, 2.45) is 5.92 Å². The Balaban J connectivity index is 1.65. The second kappa shape index (κ2) is 7.74. The Hall–Kier alpha value is -0.160. The lowest BCUT2D eigenvalue weighted by molar-refractivity contribution is 0.106. The first-order valence-corrected chi connectivity index (χ1v) is 8.39. The molecule has 20 heavy (non-hydrogen) atoms. The highest BCUT2D eigenvalue weighted by Gasteiger charge is 2.24. The summed E-state index contributed by atoms with van der Waals surface area (Å²) in [5.74, 6) is 0.797. The van der Waals surface area contributed by atoms with Gasteiger partial charge in [0.2, 0.25) is 0 Å². The first-order chi connectivity index (χ1) is 9.54. The predicted molar refractivity (Wildman–Crippen MR) is 86.2 cm³/mol. The van der Waals surface area contributed by atoms with E-state index in [9.17, 15) is 0 Å². The highest BCUT2D eigenvalue weighted by molar-refractivity contribution is 4.84. The van der Waals surface area contributed by atoms with Gasteiger partial charge in [-0.05, 0) is 45.9 Å². The Bertz CT molecular complexity index is 274.